The fraction of sp³-hybridized carbons (Fsp3) is 0.111. The number of hydrogen-bond donors (Lipinski definition) is 1. The Balaban J connectivity index is 2.56. The molecule has 0 aliphatic heterocycles. The van der Waals surface area contributed by atoms with Crippen LogP contribution in [0, 0.1) is 3.57 Å². The number of carboxylic acid groups (broad SMARTS) is 1. The van der Waals surface area contributed by atoms with E-state index in [-0.39, 0.29) is 5.69 Å². The summed E-state index contributed by atoms with van der Waals surface area (Å²) in [6, 6.07) is 3.38. The van der Waals surface area contributed by atoms with E-state index in [2.05, 4.69) is 27.7 Å². The third-order valence-electron chi connectivity index (χ3n) is 1.95. The SMILES string of the molecule is Cn1ccc(-n2cc(I)cc2C(=O)O)n1. The minimum atomic E-state index is -0.955. The first-order valence-corrected chi connectivity index (χ1v) is 5.27. The molecule has 2 aromatic rings. The Bertz CT molecular complexity index is 515. The number of hydrogen-bond acceptors (Lipinski definition) is 2. The number of carboxylic acids is 1. The van der Waals surface area contributed by atoms with Gasteiger partial charge in [-0.15, -0.1) is 0 Å². The van der Waals surface area contributed by atoms with Crippen molar-refractivity contribution in [3.63, 3.8) is 0 Å². The standard InChI is InChI=1S/C9H8IN3O2/c1-12-3-2-8(11-12)13-5-6(10)4-7(13)9(14)15/h2-5H,1H3,(H,14,15). The van der Waals surface area contributed by atoms with Gasteiger partial charge < -0.3 is 5.11 Å². The topological polar surface area (TPSA) is 60.0 Å². The summed E-state index contributed by atoms with van der Waals surface area (Å²) in [4.78, 5) is 11.0. The summed E-state index contributed by atoms with van der Waals surface area (Å²) >= 11 is 2.07. The average molecular weight is 317 g/mol. The zero-order chi connectivity index (χ0) is 11.0. The first-order chi connectivity index (χ1) is 7.08. The first-order valence-electron chi connectivity index (χ1n) is 4.19. The van der Waals surface area contributed by atoms with E-state index in [0.717, 1.165) is 3.57 Å². The van der Waals surface area contributed by atoms with Crippen molar-refractivity contribution in [2.24, 2.45) is 7.05 Å². The van der Waals surface area contributed by atoms with E-state index in [1.807, 2.05) is 0 Å². The average Bonchev–Trinajstić information content (AvgIpc) is 2.71. The zero-order valence-corrected chi connectivity index (χ0v) is 10.0. The van der Waals surface area contributed by atoms with E-state index in [9.17, 15) is 4.79 Å². The van der Waals surface area contributed by atoms with E-state index < -0.39 is 5.97 Å². The molecule has 0 saturated heterocycles. The summed E-state index contributed by atoms with van der Waals surface area (Å²) < 4.78 is 4.06. The number of aryl methyl sites for hydroxylation is 1. The van der Waals surface area contributed by atoms with Crippen LogP contribution in [0.2, 0.25) is 0 Å². The smallest absolute Gasteiger partial charge is 0.352 e. The van der Waals surface area contributed by atoms with Gasteiger partial charge in [0.25, 0.3) is 0 Å². The highest BCUT2D eigenvalue weighted by Gasteiger charge is 2.13. The van der Waals surface area contributed by atoms with Gasteiger partial charge in [0.1, 0.15) is 5.69 Å². The van der Waals surface area contributed by atoms with E-state index in [0.29, 0.717) is 5.82 Å². The van der Waals surface area contributed by atoms with Crippen molar-refractivity contribution in [1.82, 2.24) is 14.3 Å². The van der Waals surface area contributed by atoms with Crippen LogP contribution in [0.15, 0.2) is 24.5 Å². The third-order valence-corrected chi connectivity index (χ3v) is 2.54. The van der Waals surface area contributed by atoms with Gasteiger partial charge in [-0.1, -0.05) is 0 Å². The predicted octanol–water partition coefficient (Wildman–Crippen LogP) is 1.51. The Hall–Kier alpha value is -1.31. The van der Waals surface area contributed by atoms with Crippen molar-refractivity contribution >= 4 is 28.6 Å². The lowest BCUT2D eigenvalue weighted by atomic mass is 10.4. The number of carbonyl (C=O) groups is 1. The van der Waals surface area contributed by atoms with Crippen LogP contribution in [0.5, 0.6) is 0 Å². The number of rotatable bonds is 2. The summed E-state index contributed by atoms with van der Waals surface area (Å²) in [6.45, 7) is 0. The Kier molecular flexibility index (Phi) is 2.51. The van der Waals surface area contributed by atoms with E-state index in [1.165, 1.54) is 0 Å². The molecule has 0 amide bonds. The molecule has 78 valence electrons. The Morgan fingerprint density at radius 3 is 2.87 bits per heavy atom. The molecule has 0 bridgehead atoms. The van der Waals surface area contributed by atoms with Gasteiger partial charge in [-0.2, -0.15) is 5.10 Å². The Morgan fingerprint density at radius 2 is 2.33 bits per heavy atom. The molecule has 2 rings (SSSR count). The van der Waals surface area contributed by atoms with Crippen LogP contribution in [0.4, 0.5) is 0 Å². The van der Waals surface area contributed by atoms with Gasteiger partial charge in [-0.05, 0) is 28.7 Å². The molecule has 0 fully saturated rings. The number of aromatic carboxylic acids is 1. The molecule has 2 aromatic heterocycles. The van der Waals surface area contributed by atoms with Gasteiger partial charge >= 0.3 is 5.97 Å². The monoisotopic (exact) mass is 317 g/mol. The van der Waals surface area contributed by atoms with E-state index in [4.69, 9.17) is 5.11 Å². The van der Waals surface area contributed by atoms with Crippen LogP contribution >= 0.6 is 22.6 Å². The quantitative estimate of drug-likeness (QED) is 0.854. The summed E-state index contributed by atoms with van der Waals surface area (Å²) in [6.07, 6.45) is 3.51. The molecule has 0 aliphatic carbocycles. The van der Waals surface area contributed by atoms with Gasteiger partial charge in [-0.3, -0.25) is 9.25 Å². The summed E-state index contributed by atoms with van der Waals surface area (Å²) in [5.41, 5.74) is 0.220. The normalized spacial score (nSPS) is 10.5. The van der Waals surface area contributed by atoms with Crippen molar-refractivity contribution in [3.8, 4) is 5.82 Å². The van der Waals surface area contributed by atoms with Crippen LogP contribution in [-0.2, 0) is 7.05 Å². The lowest BCUT2D eigenvalue weighted by Crippen LogP contribution is -2.06. The molecular formula is C9H8IN3O2. The highest BCUT2D eigenvalue weighted by Crippen LogP contribution is 2.15. The van der Waals surface area contributed by atoms with Crippen molar-refractivity contribution in [2.45, 2.75) is 0 Å². The molecule has 0 unspecified atom stereocenters. The van der Waals surface area contributed by atoms with Gasteiger partial charge in [0.15, 0.2) is 5.82 Å². The minimum absolute atomic E-state index is 0.220. The molecule has 6 heteroatoms. The first kappa shape index (κ1) is 10.2. The van der Waals surface area contributed by atoms with Crippen LogP contribution in [0.25, 0.3) is 5.82 Å². The number of nitrogens with zero attached hydrogens (tertiary/aromatic N) is 3. The van der Waals surface area contributed by atoms with E-state index in [1.54, 1.807) is 40.8 Å². The summed E-state index contributed by atoms with van der Waals surface area (Å²) in [7, 11) is 1.79. The maximum absolute atomic E-state index is 11.0. The van der Waals surface area contributed by atoms with Crippen molar-refractivity contribution in [2.75, 3.05) is 0 Å². The highest BCUT2D eigenvalue weighted by molar-refractivity contribution is 14.1. The fourth-order valence-electron chi connectivity index (χ4n) is 1.32. The van der Waals surface area contributed by atoms with Crippen molar-refractivity contribution in [3.05, 3.63) is 33.8 Å². The molecule has 2 heterocycles. The molecule has 1 N–H and O–H groups in total. The molecule has 0 atom stereocenters. The molecule has 0 spiro atoms. The minimum Gasteiger partial charge on any atom is -0.477 e. The largest absolute Gasteiger partial charge is 0.477 e. The molecular weight excluding hydrogens is 309 g/mol. The number of aromatic nitrogens is 3. The van der Waals surface area contributed by atoms with Crippen LogP contribution in [0.1, 0.15) is 10.5 Å². The van der Waals surface area contributed by atoms with Crippen LogP contribution < -0.4 is 0 Å². The molecule has 0 aromatic carbocycles. The van der Waals surface area contributed by atoms with Crippen LogP contribution in [0.3, 0.4) is 0 Å². The van der Waals surface area contributed by atoms with Gasteiger partial charge in [-0.25, -0.2) is 4.79 Å². The summed E-state index contributed by atoms with van der Waals surface area (Å²) in [5.74, 6) is -0.346. The lowest BCUT2D eigenvalue weighted by molar-refractivity contribution is 0.0688. The Morgan fingerprint density at radius 1 is 1.60 bits per heavy atom. The Labute approximate surface area is 99.5 Å². The number of halogens is 1. The van der Waals surface area contributed by atoms with Crippen molar-refractivity contribution < 1.29 is 9.90 Å². The molecule has 0 radical (unpaired) electrons. The molecule has 5 nitrogen and oxygen atoms in total. The van der Waals surface area contributed by atoms with E-state index >= 15 is 0 Å². The second-order valence-corrected chi connectivity index (χ2v) is 4.31. The zero-order valence-electron chi connectivity index (χ0n) is 7.88. The fourth-order valence-corrected chi connectivity index (χ4v) is 1.89. The molecule has 0 aliphatic rings. The molecule has 0 saturated carbocycles. The second kappa shape index (κ2) is 3.69. The third kappa shape index (κ3) is 1.89. The van der Waals surface area contributed by atoms with Gasteiger partial charge in [0.05, 0.1) is 0 Å². The van der Waals surface area contributed by atoms with Gasteiger partial charge in [0.2, 0.25) is 0 Å². The maximum Gasteiger partial charge on any atom is 0.352 e. The van der Waals surface area contributed by atoms with Crippen molar-refractivity contribution in [1.29, 1.82) is 0 Å². The maximum atomic E-state index is 11.0. The molecule has 15 heavy (non-hydrogen) atoms. The van der Waals surface area contributed by atoms with Gasteiger partial charge in [0, 0.05) is 29.1 Å². The predicted molar refractivity (Wildman–Crippen MR) is 62.2 cm³/mol. The second-order valence-electron chi connectivity index (χ2n) is 3.07. The van der Waals surface area contributed by atoms with Crippen LogP contribution in [-0.4, -0.2) is 25.4 Å². The highest BCUT2D eigenvalue weighted by atomic mass is 127. The lowest BCUT2D eigenvalue weighted by Gasteiger charge is -2.00. The summed E-state index contributed by atoms with van der Waals surface area (Å²) in [5, 5.41) is 13.1.